The van der Waals surface area contributed by atoms with Crippen molar-refractivity contribution in [3.63, 3.8) is 0 Å². The first-order chi connectivity index (χ1) is 10.1. The number of nitrogens with two attached hydrogens (primary N) is 1. The molecule has 0 radical (unpaired) electrons. The lowest BCUT2D eigenvalue weighted by Gasteiger charge is -2.41. The van der Waals surface area contributed by atoms with Gasteiger partial charge in [-0.3, -0.25) is 4.90 Å². The second-order valence-corrected chi connectivity index (χ2v) is 8.48. The third-order valence-corrected chi connectivity index (χ3v) is 6.48. The number of likely N-dealkylation sites (tertiary alicyclic amines) is 1. The van der Waals surface area contributed by atoms with E-state index in [0.29, 0.717) is 12.1 Å². The highest BCUT2D eigenvalue weighted by atomic mass is 79.9. The first-order valence-corrected chi connectivity index (χ1v) is 9.62. The third kappa shape index (κ3) is 4.29. The number of likely N-dealkylation sites (N-methyl/N-ethyl adjacent to an activating group) is 1. The summed E-state index contributed by atoms with van der Waals surface area (Å²) in [7, 11) is 2.26. The highest BCUT2D eigenvalue weighted by Crippen LogP contribution is 2.35. The van der Waals surface area contributed by atoms with Crippen LogP contribution in [-0.4, -0.2) is 48.6 Å². The second-order valence-electron chi connectivity index (χ2n) is 5.99. The Hall–Kier alpha value is 0.0600. The van der Waals surface area contributed by atoms with Crippen LogP contribution in [0.1, 0.15) is 44.0 Å². The maximum Gasteiger partial charge on any atom is 0.0702 e. The van der Waals surface area contributed by atoms with Crippen LogP contribution in [0.3, 0.4) is 0 Å². The molecule has 0 amide bonds. The van der Waals surface area contributed by atoms with Crippen molar-refractivity contribution >= 4 is 27.3 Å². The zero-order chi connectivity index (χ0) is 15.4. The molecule has 2 heterocycles. The van der Waals surface area contributed by atoms with Crippen LogP contribution in [0.4, 0.5) is 0 Å². The number of nitrogens with zero attached hydrogens (tertiary/aromatic N) is 2. The van der Waals surface area contributed by atoms with Crippen LogP contribution in [-0.2, 0) is 0 Å². The van der Waals surface area contributed by atoms with Crippen LogP contribution in [0.25, 0.3) is 0 Å². The van der Waals surface area contributed by atoms with Gasteiger partial charge in [-0.25, -0.2) is 0 Å². The average molecular weight is 374 g/mol. The summed E-state index contributed by atoms with van der Waals surface area (Å²) in [6, 6.07) is 5.56. The molecule has 2 atom stereocenters. The van der Waals surface area contributed by atoms with E-state index in [9.17, 15) is 0 Å². The molecule has 0 bridgehead atoms. The van der Waals surface area contributed by atoms with E-state index in [1.54, 1.807) is 0 Å². The van der Waals surface area contributed by atoms with Crippen molar-refractivity contribution in [1.29, 1.82) is 0 Å². The third-order valence-electron chi connectivity index (χ3n) is 4.78. The summed E-state index contributed by atoms with van der Waals surface area (Å²) in [5.74, 6) is 0. The minimum Gasteiger partial charge on any atom is -0.326 e. The highest BCUT2D eigenvalue weighted by molar-refractivity contribution is 9.11. The molecule has 2 unspecified atom stereocenters. The van der Waals surface area contributed by atoms with Crippen LogP contribution < -0.4 is 5.73 Å². The fraction of sp³-hybridized carbons (Fsp3) is 0.750. The molecule has 1 fully saturated rings. The number of hydrogen-bond donors (Lipinski definition) is 1. The van der Waals surface area contributed by atoms with Gasteiger partial charge in [0.25, 0.3) is 0 Å². The van der Waals surface area contributed by atoms with Gasteiger partial charge in [-0.2, -0.15) is 0 Å². The molecule has 1 saturated heterocycles. The van der Waals surface area contributed by atoms with Gasteiger partial charge in [0.2, 0.25) is 0 Å². The molecule has 5 heteroatoms. The standard InChI is InChI=1S/C16H28BrN3S/c1-4-13(18)16(14-6-7-15(17)21-14)19(3)12-8-10-20(5-2)11-9-12/h6-7,12-13,16H,4-5,8-11,18H2,1-3H3. The first-order valence-electron chi connectivity index (χ1n) is 8.01. The van der Waals surface area contributed by atoms with Gasteiger partial charge in [0.1, 0.15) is 0 Å². The summed E-state index contributed by atoms with van der Waals surface area (Å²) >= 11 is 5.41. The normalized spacial score (nSPS) is 20.9. The molecular weight excluding hydrogens is 346 g/mol. The van der Waals surface area contributed by atoms with Crippen LogP contribution >= 0.6 is 27.3 Å². The minimum atomic E-state index is 0.199. The van der Waals surface area contributed by atoms with E-state index in [2.05, 4.69) is 58.8 Å². The number of thiophene rings is 1. The van der Waals surface area contributed by atoms with Gasteiger partial charge in [-0.15, -0.1) is 11.3 Å². The molecular formula is C16H28BrN3S. The van der Waals surface area contributed by atoms with E-state index in [1.165, 1.54) is 41.1 Å². The van der Waals surface area contributed by atoms with Gasteiger partial charge >= 0.3 is 0 Å². The van der Waals surface area contributed by atoms with Gasteiger partial charge < -0.3 is 10.6 Å². The number of halogens is 1. The lowest BCUT2D eigenvalue weighted by Crippen LogP contribution is -2.48. The topological polar surface area (TPSA) is 32.5 Å². The first kappa shape index (κ1) is 17.4. The van der Waals surface area contributed by atoms with Gasteiger partial charge in [0, 0.05) is 17.0 Å². The molecule has 0 aromatic carbocycles. The fourth-order valence-electron chi connectivity index (χ4n) is 3.29. The zero-order valence-electron chi connectivity index (χ0n) is 13.4. The van der Waals surface area contributed by atoms with E-state index in [-0.39, 0.29) is 6.04 Å². The second kappa shape index (κ2) is 8.06. The predicted molar refractivity (Wildman–Crippen MR) is 95.9 cm³/mol. The summed E-state index contributed by atoms with van der Waals surface area (Å²) in [5.41, 5.74) is 6.46. The van der Waals surface area contributed by atoms with Crippen LogP contribution in [0.5, 0.6) is 0 Å². The van der Waals surface area contributed by atoms with Crippen LogP contribution in [0.2, 0.25) is 0 Å². The van der Waals surface area contributed by atoms with Gasteiger partial charge in [0.15, 0.2) is 0 Å². The molecule has 0 spiro atoms. The SMILES string of the molecule is CCC(N)C(c1ccc(Br)s1)N(C)C1CCN(CC)CC1. The molecule has 1 aliphatic rings. The van der Waals surface area contributed by atoms with Crippen molar-refractivity contribution < 1.29 is 0 Å². The van der Waals surface area contributed by atoms with Crippen molar-refractivity contribution in [3.8, 4) is 0 Å². The molecule has 21 heavy (non-hydrogen) atoms. The van der Waals surface area contributed by atoms with Crippen molar-refractivity contribution in [1.82, 2.24) is 9.80 Å². The molecule has 1 aliphatic heterocycles. The Bertz CT molecular complexity index is 429. The van der Waals surface area contributed by atoms with Crippen molar-refractivity contribution in [2.75, 3.05) is 26.7 Å². The van der Waals surface area contributed by atoms with Crippen LogP contribution in [0.15, 0.2) is 15.9 Å². The Morgan fingerprint density at radius 2 is 2.05 bits per heavy atom. The molecule has 2 rings (SSSR count). The largest absolute Gasteiger partial charge is 0.326 e. The van der Waals surface area contributed by atoms with E-state index < -0.39 is 0 Å². The molecule has 3 nitrogen and oxygen atoms in total. The molecule has 1 aromatic rings. The molecule has 1 aromatic heterocycles. The smallest absolute Gasteiger partial charge is 0.0702 e. The Labute approximate surface area is 141 Å². The lowest BCUT2D eigenvalue weighted by atomic mass is 9.97. The quantitative estimate of drug-likeness (QED) is 0.824. The Morgan fingerprint density at radius 3 is 2.52 bits per heavy atom. The van der Waals surface area contributed by atoms with Crippen molar-refractivity contribution in [2.24, 2.45) is 5.73 Å². The van der Waals surface area contributed by atoms with Crippen molar-refractivity contribution in [3.05, 3.63) is 20.8 Å². The van der Waals surface area contributed by atoms with Gasteiger partial charge in [0.05, 0.1) is 9.83 Å². The van der Waals surface area contributed by atoms with E-state index in [4.69, 9.17) is 5.73 Å². The Kier molecular flexibility index (Phi) is 6.69. The van der Waals surface area contributed by atoms with Gasteiger partial charge in [-0.05, 0) is 74.0 Å². The summed E-state index contributed by atoms with van der Waals surface area (Å²) in [6.07, 6.45) is 3.52. The monoisotopic (exact) mass is 373 g/mol. The lowest BCUT2D eigenvalue weighted by molar-refractivity contribution is 0.0879. The zero-order valence-corrected chi connectivity index (χ0v) is 15.8. The molecule has 0 saturated carbocycles. The van der Waals surface area contributed by atoms with E-state index in [0.717, 1.165) is 6.42 Å². The summed E-state index contributed by atoms with van der Waals surface area (Å²) < 4.78 is 1.19. The maximum absolute atomic E-state index is 6.46. The average Bonchev–Trinajstić information content (AvgIpc) is 2.93. The van der Waals surface area contributed by atoms with E-state index in [1.807, 2.05) is 11.3 Å². The number of hydrogen-bond acceptors (Lipinski definition) is 4. The fourth-order valence-corrected chi connectivity index (χ4v) is 4.95. The maximum atomic E-state index is 6.46. The highest BCUT2D eigenvalue weighted by Gasteiger charge is 2.31. The molecule has 120 valence electrons. The number of rotatable bonds is 6. The molecule has 2 N–H and O–H groups in total. The van der Waals surface area contributed by atoms with E-state index >= 15 is 0 Å². The predicted octanol–water partition coefficient (Wildman–Crippen LogP) is 3.71. The van der Waals surface area contributed by atoms with Crippen molar-refractivity contribution in [2.45, 2.75) is 51.2 Å². The summed E-state index contributed by atoms with van der Waals surface area (Å²) in [4.78, 5) is 6.47. The Balaban J connectivity index is 2.10. The van der Waals surface area contributed by atoms with Gasteiger partial charge in [-0.1, -0.05) is 13.8 Å². The summed E-state index contributed by atoms with van der Waals surface area (Å²) in [5, 5.41) is 0. The molecule has 0 aliphatic carbocycles. The van der Waals surface area contributed by atoms with Crippen LogP contribution in [0, 0.1) is 0 Å². The Morgan fingerprint density at radius 1 is 1.38 bits per heavy atom. The minimum absolute atomic E-state index is 0.199. The number of piperidine rings is 1. The summed E-state index contributed by atoms with van der Waals surface area (Å²) in [6.45, 7) is 8.05.